The van der Waals surface area contributed by atoms with E-state index in [-0.39, 0.29) is 0 Å². The Morgan fingerprint density at radius 2 is 2.00 bits per heavy atom. The molecule has 116 valence electrons. The van der Waals surface area contributed by atoms with E-state index in [1.807, 2.05) is 0 Å². The van der Waals surface area contributed by atoms with Crippen LogP contribution in [0.15, 0.2) is 0 Å². The number of rotatable bonds is 4. The maximum absolute atomic E-state index is 12.3. The van der Waals surface area contributed by atoms with Gasteiger partial charge in [-0.1, -0.05) is 33.6 Å². The SMILES string of the molecule is CCC1CCCCCN1CC1CC(C(C)C)CCC1=O. The van der Waals surface area contributed by atoms with Gasteiger partial charge in [0.15, 0.2) is 0 Å². The highest BCUT2D eigenvalue weighted by molar-refractivity contribution is 5.82. The number of ketones is 1. The van der Waals surface area contributed by atoms with Crippen LogP contribution in [0.3, 0.4) is 0 Å². The first-order valence-electron chi connectivity index (χ1n) is 8.88. The number of hydrogen-bond donors (Lipinski definition) is 0. The Bertz CT molecular complexity index is 313. The van der Waals surface area contributed by atoms with Crippen molar-refractivity contribution in [2.24, 2.45) is 17.8 Å². The van der Waals surface area contributed by atoms with Crippen molar-refractivity contribution >= 4 is 5.78 Å². The van der Waals surface area contributed by atoms with Gasteiger partial charge in [-0.2, -0.15) is 0 Å². The Hall–Kier alpha value is -0.370. The summed E-state index contributed by atoms with van der Waals surface area (Å²) in [6.07, 6.45) is 9.76. The van der Waals surface area contributed by atoms with Crippen LogP contribution < -0.4 is 0 Å². The van der Waals surface area contributed by atoms with E-state index >= 15 is 0 Å². The Kier molecular flexibility index (Phi) is 6.07. The van der Waals surface area contributed by atoms with Crippen LogP contribution >= 0.6 is 0 Å². The normalized spacial score (nSPS) is 33.4. The molecular weight excluding hydrogens is 246 g/mol. The standard InChI is InChI=1S/C18H33NO/c1-4-17-8-6-5-7-11-19(17)13-16-12-15(14(2)3)9-10-18(16)20/h14-17H,4-13H2,1-3H3. The van der Waals surface area contributed by atoms with Crippen molar-refractivity contribution in [2.75, 3.05) is 13.1 Å². The Balaban J connectivity index is 1.96. The van der Waals surface area contributed by atoms with Crippen LogP contribution in [0.25, 0.3) is 0 Å². The summed E-state index contributed by atoms with van der Waals surface area (Å²) in [5.41, 5.74) is 0. The second kappa shape index (κ2) is 7.59. The minimum Gasteiger partial charge on any atom is -0.300 e. The summed E-state index contributed by atoms with van der Waals surface area (Å²) in [5, 5.41) is 0. The molecular formula is C18H33NO. The van der Waals surface area contributed by atoms with E-state index in [1.54, 1.807) is 0 Å². The Morgan fingerprint density at radius 1 is 1.20 bits per heavy atom. The predicted molar refractivity (Wildman–Crippen MR) is 84.8 cm³/mol. The highest BCUT2D eigenvalue weighted by Crippen LogP contribution is 2.33. The lowest BCUT2D eigenvalue weighted by molar-refractivity contribution is -0.127. The fourth-order valence-electron chi connectivity index (χ4n) is 4.15. The van der Waals surface area contributed by atoms with Gasteiger partial charge >= 0.3 is 0 Å². The summed E-state index contributed by atoms with van der Waals surface area (Å²) >= 11 is 0. The molecule has 0 amide bonds. The molecule has 1 heterocycles. The lowest BCUT2D eigenvalue weighted by atomic mass is 9.75. The highest BCUT2D eigenvalue weighted by atomic mass is 16.1. The lowest BCUT2D eigenvalue weighted by Gasteiger charge is -2.36. The van der Waals surface area contributed by atoms with Crippen molar-refractivity contribution in [3.8, 4) is 0 Å². The Morgan fingerprint density at radius 3 is 2.70 bits per heavy atom. The number of carbonyl (C=O) groups is 1. The maximum Gasteiger partial charge on any atom is 0.137 e. The smallest absolute Gasteiger partial charge is 0.137 e. The minimum absolute atomic E-state index is 0.322. The van der Waals surface area contributed by atoms with Crippen molar-refractivity contribution < 1.29 is 4.79 Å². The van der Waals surface area contributed by atoms with Crippen molar-refractivity contribution in [2.45, 2.75) is 78.2 Å². The quantitative estimate of drug-likeness (QED) is 0.765. The van der Waals surface area contributed by atoms with Gasteiger partial charge in [0.1, 0.15) is 5.78 Å². The number of nitrogens with zero attached hydrogens (tertiary/aromatic N) is 1. The number of Topliss-reactive ketones (excluding diaryl/α,β-unsaturated/α-hetero) is 1. The molecule has 0 bridgehead atoms. The molecule has 0 N–H and O–H groups in total. The summed E-state index contributed by atoms with van der Waals surface area (Å²) in [6.45, 7) is 9.20. The molecule has 20 heavy (non-hydrogen) atoms. The van der Waals surface area contributed by atoms with Crippen molar-refractivity contribution in [3.63, 3.8) is 0 Å². The van der Waals surface area contributed by atoms with Crippen LogP contribution in [0.5, 0.6) is 0 Å². The molecule has 2 heteroatoms. The van der Waals surface area contributed by atoms with E-state index in [9.17, 15) is 4.79 Å². The van der Waals surface area contributed by atoms with Gasteiger partial charge in [0, 0.05) is 24.9 Å². The van der Waals surface area contributed by atoms with Crippen LogP contribution in [-0.2, 0) is 4.79 Å². The molecule has 0 spiro atoms. The molecule has 0 aromatic heterocycles. The second-order valence-corrected chi connectivity index (χ2v) is 7.35. The molecule has 2 rings (SSSR count). The van der Waals surface area contributed by atoms with Gasteiger partial charge in [0.2, 0.25) is 0 Å². The molecule has 2 aliphatic rings. The van der Waals surface area contributed by atoms with Gasteiger partial charge < -0.3 is 0 Å². The fraction of sp³-hybridized carbons (Fsp3) is 0.944. The third kappa shape index (κ3) is 4.07. The first-order chi connectivity index (χ1) is 9.61. The first-order valence-corrected chi connectivity index (χ1v) is 8.88. The molecule has 0 radical (unpaired) electrons. The second-order valence-electron chi connectivity index (χ2n) is 7.35. The molecule has 1 aliphatic heterocycles. The van der Waals surface area contributed by atoms with Gasteiger partial charge in [-0.3, -0.25) is 9.69 Å². The average molecular weight is 279 g/mol. The number of carbonyl (C=O) groups excluding carboxylic acids is 1. The largest absolute Gasteiger partial charge is 0.300 e. The summed E-state index contributed by atoms with van der Waals surface area (Å²) in [4.78, 5) is 14.9. The Labute approximate surface area is 125 Å². The van der Waals surface area contributed by atoms with E-state index in [4.69, 9.17) is 0 Å². The topological polar surface area (TPSA) is 20.3 Å². The zero-order valence-electron chi connectivity index (χ0n) is 13.7. The monoisotopic (exact) mass is 279 g/mol. The molecule has 2 nitrogen and oxygen atoms in total. The van der Waals surface area contributed by atoms with E-state index in [0.717, 1.165) is 43.7 Å². The highest BCUT2D eigenvalue weighted by Gasteiger charge is 2.32. The average Bonchev–Trinajstić information content (AvgIpc) is 2.66. The summed E-state index contributed by atoms with van der Waals surface area (Å²) < 4.78 is 0. The third-order valence-corrected chi connectivity index (χ3v) is 5.67. The van der Waals surface area contributed by atoms with E-state index in [2.05, 4.69) is 25.7 Å². The molecule has 0 aromatic carbocycles. The van der Waals surface area contributed by atoms with Crippen LogP contribution in [0.1, 0.15) is 72.1 Å². The third-order valence-electron chi connectivity index (χ3n) is 5.67. The van der Waals surface area contributed by atoms with Crippen molar-refractivity contribution in [1.29, 1.82) is 0 Å². The van der Waals surface area contributed by atoms with Crippen LogP contribution in [0.4, 0.5) is 0 Å². The van der Waals surface area contributed by atoms with Crippen LogP contribution in [0, 0.1) is 17.8 Å². The predicted octanol–water partition coefficient (Wildman–Crippen LogP) is 4.28. The first kappa shape index (κ1) is 16.0. The molecule has 1 saturated carbocycles. The van der Waals surface area contributed by atoms with E-state index < -0.39 is 0 Å². The lowest BCUT2D eigenvalue weighted by Crippen LogP contribution is -2.42. The molecule has 3 unspecified atom stereocenters. The van der Waals surface area contributed by atoms with Gasteiger partial charge in [0.25, 0.3) is 0 Å². The minimum atomic E-state index is 0.322. The number of hydrogen-bond acceptors (Lipinski definition) is 2. The molecule has 0 aromatic rings. The van der Waals surface area contributed by atoms with E-state index in [1.165, 1.54) is 38.6 Å². The molecule has 1 saturated heterocycles. The number of likely N-dealkylation sites (tertiary alicyclic amines) is 1. The zero-order chi connectivity index (χ0) is 14.5. The van der Waals surface area contributed by atoms with Crippen LogP contribution in [0.2, 0.25) is 0 Å². The fourth-order valence-corrected chi connectivity index (χ4v) is 4.15. The van der Waals surface area contributed by atoms with Gasteiger partial charge in [-0.15, -0.1) is 0 Å². The summed E-state index contributed by atoms with van der Waals surface area (Å²) in [5.74, 6) is 2.37. The van der Waals surface area contributed by atoms with Gasteiger partial charge in [-0.25, -0.2) is 0 Å². The molecule has 3 atom stereocenters. The van der Waals surface area contributed by atoms with Crippen LogP contribution in [-0.4, -0.2) is 29.8 Å². The van der Waals surface area contributed by atoms with Crippen molar-refractivity contribution in [1.82, 2.24) is 4.90 Å². The zero-order valence-corrected chi connectivity index (χ0v) is 13.7. The van der Waals surface area contributed by atoms with Crippen molar-refractivity contribution in [3.05, 3.63) is 0 Å². The maximum atomic E-state index is 12.3. The van der Waals surface area contributed by atoms with Gasteiger partial charge in [0.05, 0.1) is 0 Å². The molecule has 1 aliphatic carbocycles. The van der Waals surface area contributed by atoms with Gasteiger partial charge in [-0.05, 0) is 50.5 Å². The molecule has 2 fully saturated rings. The van der Waals surface area contributed by atoms with E-state index in [0.29, 0.717) is 11.7 Å². The summed E-state index contributed by atoms with van der Waals surface area (Å²) in [7, 11) is 0. The summed E-state index contributed by atoms with van der Waals surface area (Å²) in [6, 6.07) is 0.727.